The molecule has 0 aliphatic heterocycles. The van der Waals surface area contributed by atoms with E-state index in [0.29, 0.717) is 11.5 Å². The molecule has 2 aromatic heterocycles. The lowest BCUT2D eigenvalue weighted by molar-refractivity contribution is 0.102. The number of hydrogen-bond donors (Lipinski definition) is 3. The second-order valence-electron chi connectivity index (χ2n) is 4.32. The van der Waals surface area contributed by atoms with Crippen LogP contribution in [0, 0.1) is 0 Å². The van der Waals surface area contributed by atoms with Gasteiger partial charge in [-0.05, 0) is 24.3 Å². The van der Waals surface area contributed by atoms with Crippen molar-refractivity contribution < 1.29 is 4.79 Å². The summed E-state index contributed by atoms with van der Waals surface area (Å²) in [6.07, 6.45) is 1.60. The van der Waals surface area contributed by atoms with Gasteiger partial charge in [0.1, 0.15) is 0 Å². The van der Waals surface area contributed by atoms with E-state index in [0.717, 1.165) is 10.9 Å². The molecule has 3 rings (SSSR count). The number of amides is 1. The summed E-state index contributed by atoms with van der Waals surface area (Å²) in [5, 5.41) is 11.2. The Kier molecular flexibility index (Phi) is 3.40. The van der Waals surface area contributed by atoms with Gasteiger partial charge in [0.05, 0.1) is 17.4 Å². The van der Waals surface area contributed by atoms with Gasteiger partial charge in [0.15, 0.2) is 11.5 Å². The van der Waals surface area contributed by atoms with Crippen molar-refractivity contribution in [1.29, 1.82) is 0 Å². The van der Waals surface area contributed by atoms with Crippen LogP contribution in [0.4, 0.5) is 11.5 Å². The maximum atomic E-state index is 12.1. The van der Waals surface area contributed by atoms with Gasteiger partial charge in [-0.25, -0.2) is 5.84 Å². The minimum atomic E-state index is -0.358. The first-order chi connectivity index (χ1) is 10.3. The minimum absolute atomic E-state index is 0.196. The molecule has 104 valence electrons. The highest BCUT2D eigenvalue weighted by molar-refractivity contribution is 6.03. The maximum absolute atomic E-state index is 12.1. The van der Waals surface area contributed by atoms with Gasteiger partial charge >= 0.3 is 0 Å². The Bertz CT molecular complexity index is 787. The number of carbonyl (C=O) groups excluding carboxylic acids is 1. The third kappa shape index (κ3) is 2.77. The van der Waals surface area contributed by atoms with Crippen molar-refractivity contribution in [2.24, 2.45) is 5.84 Å². The highest BCUT2D eigenvalue weighted by Gasteiger charge is 2.09. The molecule has 0 fully saturated rings. The molecule has 4 N–H and O–H groups in total. The Balaban J connectivity index is 1.81. The van der Waals surface area contributed by atoms with Gasteiger partial charge in [-0.15, -0.1) is 10.2 Å². The van der Waals surface area contributed by atoms with Gasteiger partial charge in [-0.3, -0.25) is 9.78 Å². The molecule has 0 saturated carbocycles. The molecule has 0 radical (unpaired) electrons. The van der Waals surface area contributed by atoms with Gasteiger partial charge in [0, 0.05) is 5.39 Å². The van der Waals surface area contributed by atoms with E-state index in [4.69, 9.17) is 5.84 Å². The van der Waals surface area contributed by atoms with Crippen LogP contribution < -0.4 is 16.6 Å². The number of anilines is 2. The van der Waals surface area contributed by atoms with E-state index in [-0.39, 0.29) is 11.6 Å². The molecule has 0 atom stereocenters. The zero-order valence-corrected chi connectivity index (χ0v) is 10.9. The molecule has 3 aromatic rings. The SMILES string of the molecule is NNc1ccc(C(=O)Nc2cnc3ccccc3c2)nn1. The molecule has 2 heterocycles. The minimum Gasteiger partial charge on any atom is -0.319 e. The van der Waals surface area contributed by atoms with Gasteiger partial charge in [-0.1, -0.05) is 18.2 Å². The molecule has 0 bridgehead atoms. The Labute approximate surface area is 120 Å². The summed E-state index contributed by atoms with van der Waals surface area (Å²) in [6, 6.07) is 12.6. The third-order valence-electron chi connectivity index (χ3n) is 2.89. The number of rotatable bonds is 3. The predicted octanol–water partition coefficient (Wildman–Crippen LogP) is 1.56. The number of nitrogen functional groups attached to an aromatic ring is 1. The first kappa shape index (κ1) is 12.9. The van der Waals surface area contributed by atoms with Crippen LogP contribution in [0.15, 0.2) is 48.7 Å². The van der Waals surface area contributed by atoms with Crippen LogP contribution in [0.3, 0.4) is 0 Å². The fourth-order valence-electron chi connectivity index (χ4n) is 1.86. The van der Waals surface area contributed by atoms with E-state index in [2.05, 4.69) is 25.9 Å². The maximum Gasteiger partial charge on any atom is 0.276 e. The smallest absolute Gasteiger partial charge is 0.276 e. The Morgan fingerprint density at radius 3 is 2.71 bits per heavy atom. The molecule has 21 heavy (non-hydrogen) atoms. The van der Waals surface area contributed by atoms with Crippen molar-refractivity contribution in [2.45, 2.75) is 0 Å². The number of carbonyl (C=O) groups is 1. The molecule has 0 spiro atoms. The molecule has 0 saturated heterocycles. The van der Waals surface area contributed by atoms with Gasteiger partial charge in [-0.2, -0.15) is 0 Å². The summed E-state index contributed by atoms with van der Waals surface area (Å²) < 4.78 is 0. The second kappa shape index (κ2) is 5.51. The van der Waals surface area contributed by atoms with Crippen LogP contribution in [-0.2, 0) is 0 Å². The molecule has 0 aliphatic rings. The van der Waals surface area contributed by atoms with E-state index in [1.807, 2.05) is 30.3 Å². The number of hydrogen-bond acceptors (Lipinski definition) is 6. The van der Waals surface area contributed by atoms with Crippen LogP contribution in [0.1, 0.15) is 10.5 Å². The Morgan fingerprint density at radius 2 is 1.95 bits per heavy atom. The first-order valence-corrected chi connectivity index (χ1v) is 6.23. The highest BCUT2D eigenvalue weighted by Crippen LogP contribution is 2.16. The Morgan fingerprint density at radius 1 is 1.10 bits per heavy atom. The van der Waals surface area contributed by atoms with Crippen molar-refractivity contribution in [3.05, 3.63) is 54.4 Å². The quantitative estimate of drug-likeness (QED) is 0.496. The van der Waals surface area contributed by atoms with Crippen LogP contribution in [0.25, 0.3) is 10.9 Å². The first-order valence-electron chi connectivity index (χ1n) is 6.23. The van der Waals surface area contributed by atoms with Crippen LogP contribution in [0.2, 0.25) is 0 Å². The molecule has 7 nitrogen and oxygen atoms in total. The number of aromatic nitrogens is 3. The summed E-state index contributed by atoms with van der Waals surface area (Å²) in [5.74, 6) is 5.22. The fraction of sp³-hybridized carbons (Fsp3) is 0. The summed E-state index contributed by atoms with van der Waals surface area (Å²) >= 11 is 0. The third-order valence-corrected chi connectivity index (χ3v) is 2.89. The van der Waals surface area contributed by atoms with Crippen LogP contribution in [-0.4, -0.2) is 21.1 Å². The Hall–Kier alpha value is -3.06. The lowest BCUT2D eigenvalue weighted by atomic mass is 10.2. The van der Waals surface area contributed by atoms with E-state index in [1.165, 1.54) is 6.07 Å². The lowest BCUT2D eigenvalue weighted by Gasteiger charge is -2.05. The highest BCUT2D eigenvalue weighted by atomic mass is 16.1. The zero-order chi connectivity index (χ0) is 14.7. The standard InChI is InChI=1S/C14H12N6O/c15-18-13-6-5-12(19-20-13)14(21)17-10-7-9-3-1-2-4-11(9)16-8-10/h1-8H,15H2,(H,17,21)(H,18,20). The number of benzene rings is 1. The molecule has 0 aliphatic carbocycles. The van der Waals surface area contributed by atoms with E-state index in [1.54, 1.807) is 12.3 Å². The molecular weight excluding hydrogens is 268 g/mol. The predicted molar refractivity (Wildman–Crippen MR) is 79.5 cm³/mol. The molecule has 1 aromatic carbocycles. The summed E-state index contributed by atoms with van der Waals surface area (Å²) in [7, 11) is 0. The van der Waals surface area contributed by atoms with Crippen LogP contribution in [0.5, 0.6) is 0 Å². The number of nitrogens with two attached hydrogens (primary N) is 1. The number of pyridine rings is 1. The average Bonchev–Trinajstić information content (AvgIpc) is 2.55. The second-order valence-corrected chi connectivity index (χ2v) is 4.32. The summed E-state index contributed by atoms with van der Waals surface area (Å²) in [4.78, 5) is 16.3. The van der Waals surface area contributed by atoms with Crippen molar-refractivity contribution in [1.82, 2.24) is 15.2 Å². The summed E-state index contributed by atoms with van der Waals surface area (Å²) in [5.41, 5.74) is 4.01. The fourth-order valence-corrected chi connectivity index (χ4v) is 1.86. The summed E-state index contributed by atoms with van der Waals surface area (Å²) in [6.45, 7) is 0. The van der Waals surface area contributed by atoms with Crippen LogP contribution >= 0.6 is 0 Å². The van der Waals surface area contributed by atoms with Gasteiger partial charge in [0.2, 0.25) is 0 Å². The largest absolute Gasteiger partial charge is 0.319 e. The number of nitrogens with zero attached hydrogens (tertiary/aromatic N) is 3. The molecule has 7 heteroatoms. The number of fused-ring (bicyclic) bond motifs is 1. The monoisotopic (exact) mass is 280 g/mol. The van der Waals surface area contributed by atoms with Crippen molar-refractivity contribution in [3.8, 4) is 0 Å². The van der Waals surface area contributed by atoms with E-state index >= 15 is 0 Å². The van der Waals surface area contributed by atoms with E-state index in [9.17, 15) is 4.79 Å². The van der Waals surface area contributed by atoms with Gasteiger partial charge < -0.3 is 10.7 Å². The normalized spacial score (nSPS) is 10.3. The molecule has 0 unspecified atom stereocenters. The topological polar surface area (TPSA) is 106 Å². The molecule has 1 amide bonds. The van der Waals surface area contributed by atoms with Crippen molar-refractivity contribution in [3.63, 3.8) is 0 Å². The number of hydrazine groups is 1. The average molecular weight is 280 g/mol. The number of nitrogens with one attached hydrogen (secondary N) is 2. The van der Waals surface area contributed by atoms with Gasteiger partial charge in [0.25, 0.3) is 5.91 Å². The number of para-hydroxylation sites is 1. The lowest BCUT2D eigenvalue weighted by Crippen LogP contribution is -2.16. The molecular formula is C14H12N6O. The zero-order valence-electron chi connectivity index (χ0n) is 10.9. The van der Waals surface area contributed by atoms with E-state index < -0.39 is 0 Å². The van der Waals surface area contributed by atoms with Crippen molar-refractivity contribution >= 4 is 28.3 Å². The van der Waals surface area contributed by atoms with Crippen molar-refractivity contribution in [2.75, 3.05) is 10.7 Å².